The van der Waals surface area contributed by atoms with Crippen LogP contribution >= 0.6 is 15.9 Å². The molecule has 0 saturated heterocycles. The first kappa shape index (κ1) is 13.5. The van der Waals surface area contributed by atoms with E-state index in [1.165, 1.54) is 6.07 Å². The Labute approximate surface area is 116 Å². The second-order valence-corrected chi connectivity index (χ2v) is 4.62. The third kappa shape index (κ3) is 3.08. The quantitative estimate of drug-likeness (QED) is 0.838. The number of hydrogen-bond acceptors (Lipinski definition) is 5. The number of nitrogens with one attached hydrogen (secondary N) is 1. The second kappa shape index (κ2) is 5.35. The summed E-state index contributed by atoms with van der Waals surface area (Å²) >= 11 is 3.11. The normalized spacial score (nSPS) is 10.5. The average molecular weight is 329 g/mol. The van der Waals surface area contributed by atoms with E-state index in [9.17, 15) is 9.18 Å². The number of halogens is 2. The van der Waals surface area contributed by atoms with Crippen molar-refractivity contribution in [2.75, 3.05) is 5.73 Å². The standard InChI is InChI=1S/C11H10BrFN4O2/c1-5-16-10(17-19-5)4-15-11(18)6-2-9(14)8(13)3-7(6)12/h2-3H,4,14H2,1H3,(H,15,18). The van der Waals surface area contributed by atoms with Crippen LogP contribution in [0.15, 0.2) is 21.1 Å². The molecule has 1 aromatic heterocycles. The highest BCUT2D eigenvalue weighted by atomic mass is 79.9. The van der Waals surface area contributed by atoms with Crippen molar-refractivity contribution in [3.05, 3.63) is 39.7 Å². The highest BCUT2D eigenvalue weighted by Gasteiger charge is 2.14. The summed E-state index contributed by atoms with van der Waals surface area (Å²) in [7, 11) is 0. The molecule has 6 nitrogen and oxygen atoms in total. The van der Waals surface area contributed by atoms with Crippen molar-refractivity contribution in [2.24, 2.45) is 0 Å². The summed E-state index contributed by atoms with van der Waals surface area (Å²) in [6.07, 6.45) is 0. The van der Waals surface area contributed by atoms with Gasteiger partial charge in [-0.15, -0.1) is 0 Å². The first-order chi connectivity index (χ1) is 8.97. The monoisotopic (exact) mass is 328 g/mol. The lowest BCUT2D eigenvalue weighted by molar-refractivity contribution is 0.0949. The van der Waals surface area contributed by atoms with Gasteiger partial charge in [-0.1, -0.05) is 5.16 Å². The minimum atomic E-state index is -0.586. The van der Waals surface area contributed by atoms with Gasteiger partial charge in [0.15, 0.2) is 5.82 Å². The SMILES string of the molecule is Cc1nc(CNC(=O)c2cc(N)c(F)cc2Br)no1. The Hall–Kier alpha value is -1.96. The summed E-state index contributed by atoms with van der Waals surface area (Å²) in [4.78, 5) is 15.8. The smallest absolute Gasteiger partial charge is 0.252 e. The maximum atomic E-state index is 13.2. The molecular formula is C11H10BrFN4O2. The fourth-order valence-electron chi connectivity index (χ4n) is 1.41. The largest absolute Gasteiger partial charge is 0.396 e. The van der Waals surface area contributed by atoms with Gasteiger partial charge >= 0.3 is 0 Å². The van der Waals surface area contributed by atoms with Crippen LogP contribution in [0.5, 0.6) is 0 Å². The zero-order valence-corrected chi connectivity index (χ0v) is 11.5. The predicted molar refractivity (Wildman–Crippen MR) is 68.7 cm³/mol. The summed E-state index contributed by atoms with van der Waals surface area (Å²) in [5.41, 5.74) is 5.56. The topological polar surface area (TPSA) is 94.0 Å². The number of aromatic nitrogens is 2. The van der Waals surface area contributed by atoms with Gasteiger partial charge in [-0.2, -0.15) is 4.98 Å². The lowest BCUT2D eigenvalue weighted by Crippen LogP contribution is -2.24. The van der Waals surface area contributed by atoms with E-state index in [1.54, 1.807) is 6.92 Å². The summed E-state index contributed by atoms with van der Waals surface area (Å²) in [5.74, 6) is -0.230. The van der Waals surface area contributed by atoms with Crippen molar-refractivity contribution in [1.82, 2.24) is 15.5 Å². The first-order valence-corrected chi connectivity index (χ1v) is 6.08. The number of anilines is 1. The number of aryl methyl sites for hydroxylation is 1. The van der Waals surface area contributed by atoms with E-state index in [2.05, 4.69) is 31.4 Å². The number of benzene rings is 1. The molecule has 3 N–H and O–H groups in total. The molecule has 0 aliphatic heterocycles. The average Bonchev–Trinajstić information content (AvgIpc) is 2.77. The lowest BCUT2D eigenvalue weighted by Gasteiger charge is -2.06. The van der Waals surface area contributed by atoms with Gasteiger partial charge < -0.3 is 15.6 Å². The number of carbonyl (C=O) groups excluding carboxylic acids is 1. The van der Waals surface area contributed by atoms with Gasteiger partial charge in [0, 0.05) is 11.4 Å². The molecule has 19 heavy (non-hydrogen) atoms. The van der Waals surface area contributed by atoms with Gasteiger partial charge in [-0.25, -0.2) is 4.39 Å². The van der Waals surface area contributed by atoms with E-state index in [0.717, 1.165) is 6.07 Å². The van der Waals surface area contributed by atoms with E-state index in [-0.39, 0.29) is 17.8 Å². The van der Waals surface area contributed by atoms with Crippen LogP contribution in [-0.2, 0) is 6.54 Å². The zero-order chi connectivity index (χ0) is 14.0. The molecule has 0 saturated carbocycles. The molecule has 1 aromatic carbocycles. The number of nitrogens with two attached hydrogens (primary N) is 1. The van der Waals surface area contributed by atoms with Crippen LogP contribution in [0.4, 0.5) is 10.1 Å². The third-order valence-corrected chi connectivity index (χ3v) is 2.96. The number of carbonyl (C=O) groups is 1. The summed E-state index contributed by atoms with van der Waals surface area (Å²) in [6.45, 7) is 1.76. The van der Waals surface area contributed by atoms with Crippen LogP contribution in [0.25, 0.3) is 0 Å². The number of nitrogens with zero attached hydrogens (tertiary/aromatic N) is 2. The fourth-order valence-corrected chi connectivity index (χ4v) is 1.90. The van der Waals surface area contributed by atoms with Crippen molar-refractivity contribution >= 4 is 27.5 Å². The molecule has 8 heteroatoms. The summed E-state index contributed by atoms with van der Waals surface area (Å²) in [5, 5.41) is 6.22. The molecule has 1 heterocycles. The maximum Gasteiger partial charge on any atom is 0.252 e. The van der Waals surface area contributed by atoms with E-state index < -0.39 is 11.7 Å². The Bertz CT molecular complexity index is 629. The predicted octanol–water partition coefficient (Wildman–Crippen LogP) is 1.79. The summed E-state index contributed by atoms with van der Waals surface area (Å²) < 4.78 is 18.2. The van der Waals surface area contributed by atoms with Gasteiger partial charge in [-0.05, 0) is 28.1 Å². The molecule has 2 aromatic rings. The molecule has 0 atom stereocenters. The minimum Gasteiger partial charge on any atom is -0.396 e. The Balaban J connectivity index is 2.10. The molecule has 2 rings (SSSR count). The van der Waals surface area contributed by atoms with Gasteiger partial charge in [0.1, 0.15) is 5.82 Å². The van der Waals surface area contributed by atoms with Crippen LogP contribution in [0.1, 0.15) is 22.1 Å². The van der Waals surface area contributed by atoms with Crippen LogP contribution in [-0.4, -0.2) is 16.0 Å². The number of amides is 1. The molecule has 0 radical (unpaired) electrons. The van der Waals surface area contributed by atoms with E-state index in [1.807, 2.05) is 0 Å². The fraction of sp³-hybridized carbons (Fsp3) is 0.182. The molecule has 0 unspecified atom stereocenters. The molecule has 0 aliphatic carbocycles. The van der Waals surface area contributed by atoms with E-state index in [4.69, 9.17) is 10.3 Å². The molecule has 0 spiro atoms. The van der Waals surface area contributed by atoms with Crippen molar-refractivity contribution in [2.45, 2.75) is 13.5 Å². The molecular weight excluding hydrogens is 319 g/mol. The molecule has 0 bridgehead atoms. The van der Waals surface area contributed by atoms with Crippen molar-refractivity contribution in [3.63, 3.8) is 0 Å². The zero-order valence-electron chi connectivity index (χ0n) is 9.91. The molecule has 100 valence electrons. The number of nitrogen functional groups attached to an aromatic ring is 1. The van der Waals surface area contributed by atoms with Crippen LogP contribution < -0.4 is 11.1 Å². The minimum absolute atomic E-state index is 0.0937. The van der Waals surface area contributed by atoms with Crippen molar-refractivity contribution in [3.8, 4) is 0 Å². The number of hydrogen-bond donors (Lipinski definition) is 2. The first-order valence-electron chi connectivity index (χ1n) is 5.29. The Morgan fingerprint density at radius 2 is 2.32 bits per heavy atom. The molecule has 1 amide bonds. The van der Waals surface area contributed by atoms with Gasteiger partial charge in [-0.3, -0.25) is 4.79 Å². The van der Waals surface area contributed by atoms with Crippen LogP contribution in [0.3, 0.4) is 0 Å². The Morgan fingerprint density at radius 3 is 2.95 bits per heavy atom. The van der Waals surface area contributed by atoms with Gasteiger partial charge in [0.2, 0.25) is 5.89 Å². The van der Waals surface area contributed by atoms with E-state index >= 15 is 0 Å². The Morgan fingerprint density at radius 1 is 1.58 bits per heavy atom. The van der Waals surface area contributed by atoms with Crippen LogP contribution in [0, 0.1) is 12.7 Å². The van der Waals surface area contributed by atoms with Crippen molar-refractivity contribution < 1.29 is 13.7 Å². The molecule has 0 aliphatic rings. The van der Waals surface area contributed by atoms with Gasteiger partial charge in [0.05, 0.1) is 17.8 Å². The van der Waals surface area contributed by atoms with Crippen molar-refractivity contribution in [1.29, 1.82) is 0 Å². The highest BCUT2D eigenvalue weighted by molar-refractivity contribution is 9.10. The maximum absolute atomic E-state index is 13.2. The lowest BCUT2D eigenvalue weighted by atomic mass is 10.2. The van der Waals surface area contributed by atoms with E-state index in [0.29, 0.717) is 16.2 Å². The summed E-state index contributed by atoms with van der Waals surface area (Å²) in [6, 6.07) is 2.40. The second-order valence-electron chi connectivity index (χ2n) is 3.77. The Kier molecular flexibility index (Phi) is 3.79. The number of rotatable bonds is 3. The highest BCUT2D eigenvalue weighted by Crippen LogP contribution is 2.22. The van der Waals surface area contributed by atoms with Gasteiger partial charge in [0.25, 0.3) is 5.91 Å². The molecule has 0 fully saturated rings. The van der Waals surface area contributed by atoms with Crippen LogP contribution in [0.2, 0.25) is 0 Å². The third-order valence-electron chi connectivity index (χ3n) is 2.31.